The highest BCUT2D eigenvalue weighted by Gasteiger charge is 2.07. The van der Waals surface area contributed by atoms with E-state index in [1.165, 1.54) is 12.1 Å². The quantitative estimate of drug-likeness (QED) is 0.870. The molecule has 0 atom stereocenters. The normalized spacial score (nSPS) is 10.9. The first kappa shape index (κ1) is 15.4. The maximum Gasteiger partial charge on any atom is 0.135 e. The van der Waals surface area contributed by atoms with Gasteiger partial charge in [-0.1, -0.05) is 19.9 Å². The summed E-state index contributed by atoms with van der Waals surface area (Å²) in [5, 5.41) is 3.36. The van der Waals surface area contributed by atoms with Gasteiger partial charge in [-0.15, -0.1) is 0 Å². The van der Waals surface area contributed by atoms with Crippen molar-refractivity contribution in [3.05, 3.63) is 53.6 Å². The fourth-order valence-electron chi connectivity index (χ4n) is 1.94. The lowest BCUT2D eigenvalue weighted by atomic mass is 10.2. The molecule has 0 amide bonds. The molecule has 2 aromatic rings. The SMILES string of the molecule is Cc1cc(Oc2cccc(F)c2)c(CNCC(C)C)cn1. The molecule has 21 heavy (non-hydrogen) atoms. The molecule has 1 N–H and O–H groups in total. The fourth-order valence-corrected chi connectivity index (χ4v) is 1.94. The standard InChI is InChI=1S/C17H21FN2O/c1-12(2)9-19-10-14-11-20-13(3)7-17(14)21-16-6-4-5-15(18)8-16/h4-8,11-12,19H,9-10H2,1-3H3. The van der Waals surface area contributed by atoms with E-state index in [1.54, 1.807) is 18.3 Å². The predicted molar refractivity (Wildman–Crippen MR) is 82.0 cm³/mol. The molecule has 0 fully saturated rings. The molecule has 2 rings (SSSR count). The predicted octanol–water partition coefficient (Wildman–Crippen LogP) is 4.07. The van der Waals surface area contributed by atoms with Crippen molar-refractivity contribution in [2.24, 2.45) is 5.92 Å². The number of aromatic nitrogens is 1. The zero-order valence-electron chi connectivity index (χ0n) is 12.7. The average molecular weight is 288 g/mol. The van der Waals surface area contributed by atoms with Crippen LogP contribution in [0.3, 0.4) is 0 Å². The molecular formula is C17H21FN2O. The van der Waals surface area contributed by atoms with Crippen LogP contribution in [0.15, 0.2) is 36.5 Å². The molecule has 0 saturated heterocycles. The highest BCUT2D eigenvalue weighted by atomic mass is 19.1. The van der Waals surface area contributed by atoms with Gasteiger partial charge in [0.15, 0.2) is 0 Å². The van der Waals surface area contributed by atoms with Crippen molar-refractivity contribution in [1.82, 2.24) is 10.3 Å². The largest absolute Gasteiger partial charge is 0.457 e. The van der Waals surface area contributed by atoms with Crippen molar-refractivity contribution in [2.75, 3.05) is 6.54 Å². The smallest absolute Gasteiger partial charge is 0.135 e. The van der Waals surface area contributed by atoms with Gasteiger partial charge in [0.2, 0.25) is 0 Å². The van der Waals surface area contributed by atoms with Gasteiger partial charge < -0.3 is 10.1 Å². The van der Waals surface area contributed by atoms with Crippen molar-refractivity contribution in [2.45, 2.75) is 27.3 Å². The summed E-state index contributed by atoms with van der Waals surface area (Å²) in [6, 6.07) is 8.02. The number of hydrogen-bond acceptors (Lipinski definition) is 3. The minimum atomic E-state index is -0.308. The Hall–Kier alpha value is -1.94. The van der Waals surface area contributed by atoms with E-state index in [9.17, 15) is 4.39 Å². The lowest BCUT2D eigenvalue weighted by Gasteiger charge is -2.13. The minimum absolute atomic E-state index is 0.308. The van der Waals surface area contributed by atoms with Crippen LogP contribution >= 0.6 is 0 Å². The summed E-state index contributed by atoms with van der Waals surface area (Å²) in [6.07, 6.45) is 1.80. The highest BCUT2D eigenvalue weighted by Crippen LogP contribution is 2.26. The number of aryl methyl sites for hydroxylation is 1. The third-order valence-electron chi connectivity index (χ3n) is 2.97. The van der Waals surface area contributed by atoms with Gasteiger partial charge in [-0.05, 0) is 31.5 Å². The first-order valence-corrected chi connectivity index (χ1v) is 7.14. The average Bonchev–Trinajstić information content (AvgIpc) is 2.41. The first-order valence-electron chi connectivity index (χ1n) is 7.14. The summed E-state index contributed by atoms with van der Waals surface area (Å²) < 4.78 is 19.0. The summed E-state index contributed by atoms with van der Waals surface area (Å²) in [5.74, 6) is 1.48. The maximum absolute atomic E-state index is 13.2. The van der Waals surface area contributed by atoms with Crippen LogP contribution in [-0.2, 0) is 6.54 Å². The Bertz CT molecular complexity index is 599. The number of halogens is 1. The van der Waals surface area contributed by atoms with Crippen molar-refractivity contribution < 1.29 is 9.13 Å². The second kappa shape index (κ2) is 7.18. The van der Waals surface area contributed by atoms with Crippen LogP contribution in [0.25, 0.3) is 0 Å². The van der Waals surface area contributed by atoms with Gasteiger partial charge in [-0.2, -0.15) is 0 Å². The maximum atomic E-state index is 13.2. The van der Waals surface area contributed by atoms with E-state index in [1.807, 2.05) is 13.0 Å². The molecule has 1 heterocycles. The number of rotatable bonds is 6. The monoisotopic (exact) mass is 288 g/mol. The van der Waals surface area contributed by atoms with Crippen LogP contribution in [-0.4, -0.2) is 11.5 Å². The van der Waals surface area contributed by atoms with Gasteiger partial charge >= 0.3 is 0 Å². The number of pyridine rings is 1. The Morgan fingerprint density at radius 1 is 1.29 bits per heavy atom. The molecule has 4 heteroatoms. The highest BCUT2D eigenvalue weighted by molar-refractivity contribution is 5.37. The van der Waals surface area contributed by atoms with Crippen LogP contribution in [0.4, 0.5) is 4.39 Å². The number of nitrogens with one attached hydrogen (secondary N) is 1. The lowest BCUT2D eigenvalue weighted by Crippen LogP contribution is -2.19. The molecule has 0 aliphatic rings. The van der Waals surface area contributed by atoms with E-state index in [0.29, 0.717) is 24.0 Å². The lowest BCUT2D eigenvalue weighted by molar-refractivity contribution is 0.463. The van der Waals surface area contributed by atoms with Gasteiger partial charge in [0.25, 0.3) is 0 Å². The summed E-state index contributed by atoms with van der Waals surface area (Å²) in [7, 11) is 0. The molecule has 0 saturated carbocycles. The summed E-state index contributed by atoms with van der Waals surface area (Å²) in [4.78, 5) is 4.30. The Morgan fingerprint density at radius 2 is 2.10 bits per heavy atom. The molecule has 1 aromatic carbocycles. The van der Waals surface area contributed by atoms with Crippen molar-refractivity contribution in [3.8, 4) is 11.5 Å². The van der Waals surface area contributed by atoms with Crippen molar-refractivity contribution in [3.63, 3.8) is 0 Å². The van der Waals surface area contributed by atoms with Gasteiger partial charge in [-0.3, -0.25) is 4.98 Å². The van der Waals surface area contributed by atoms with Gasteiger partial charge in [0.05, 0.1) is 0 Å². The van der Waals surface area contributed by atoms with Gasteiger partial charge in [0.1, 0.15) is 17.3 Å². The van der Waals surface area contributed by atoms with Crippen LogP contribution in [0.5, 0.6) is 11.5 Å². The third-order valence-corrected chi connectivity index (χ3v) is 2.97. The molecule has 0 spiro atoms. The second-order valence-corrected chi connectivity index (χ2v) is 5.52. The van der Waals surface area contributed by atoms with Crippen LogP contribution in [0.1, 0.15) is 25.1 Å². The van der Waals surface area contributed by atoms with Crippen molar-refractivity contribution in [1.29, 1.82) is 0 Å². The number of ether oxygens (including phenoxy) is 1. The summed E-state index contributed by atoms with van der Waals surface area (Å²) in [6.45, 7) is 7.82. The Balaban J connectivity index is 2.15. The van der Waals surface area contributed by atoms with Crippen LogP contribution in [0, 0.1) is 18.7 Å². The van der Waals surface area contributed by atoms with Crippen LogP contribution < -0.4 is 10.1 Å². The molecule has 0 aliphatic heterocycles. The van der Waals surface area contributed by atoms with E-state index in [-0.39, 0.29) is 5.82 Å². The van der Waals surface area contributed by atoms with Gasteiger partial charge in [-0.25, -0.2) is 4.39 Å². The number of benzene rings is 1. The Labute approximate surface area is 125 Å². The Kier molecular flexibility index (Phi) is 5.28. The van der Waals surface area contributed by atoms with E-state index in [0.717, 1.165) is 17.8 Å². The number of nitrogens with zero attached hydrogens (tertiary/aromatic N) is 1. The van der Waals surface area contributed by atoms with Crippen molar-refractivity contribution >= 4 is 0 Å². The molecular weight excluding hydrogens is 267 g/mol. The molecule has 1 aromatic heterocycles. The van der Waals surface area contributed by atoms with E-state index in [4.69, 9.17) is 4.74 Å². The van der Waals surface area contributed by atoms with E-state index < -0.39 is 0 Å². The molecule has 112 valence electrons. The zero-order chi connectivity index (χ0) is 15.2. The van der Waals surface area contributed by atoms with E-state index >= 15 is 0 Å². The fraction of sp³-hybridized carbons (Fsp3) is 0.353. The first-order chi connectivity index (χ1) is 10.0. The van der Waals surface area contributed by atoms with E-state index in [2.05, 4.69) is 24.1 Å². The minimum Gasteiger partial charge on any atom is -0.457 e. The summed E-state index contributed by atoms with van der Waals surface area (Å²) >= 11 is 0. The number of hydrogen-bond donors (Lipinski definition) is 1. The summed E-state index contributed by atoms with van der Waals surface area (Å²) in [5.41, 5.74) is 1.83. The Morgan fingerprint density at radius 3 is 2.81 bits per heavy atom. The van der Waals surface area contributed by atoms with Crippen LogP contribution in [0.2, 0.25) is 0 Å². The molecule has 0 unspecified atom stereocenters. The molecule has 0 aliphatic carbocycles. The zero-order valence-corrected chi connectivity index (χ0v) is 12.7. The molecule has 3 nitrogen and oxygen atoms in total. The third kappa shape index (κ3) is 4.83. The van der Waals surface area contributed by atoms with Gasteiger partial charge in [0, 0.05) is 36.1 Å². The second-order valence-electron chi connectivity index (χ2n) is 5.52. The topological polar surface area (TPSA) is 34.1 Å². The molecule has 0 radical (unpaired) electrons. The molecule has 0 bridgehead atoms.